The van der Waals surface area contributed by atoms with Crippen molar-refractivity contribution in [1.29, 1.82) is 5.26 Å². The van der Waals surface area contributed by atoms with Crippen LogP contribution >= 0.6 is 12.2 Å². The fraction of sp³-hybridized carbons (Fsp3) is 0.389. The summed E-state index contributed by atoms with van der Waals surface area (Å²) < 4.78 is 2.71. The number of anilines is 1. The van der Waals surface area contributed by atoms with E-state index in [4.69, 9.17) is 12.2 Å². The van der Waals surface area contributed by atoms with Crippen LogP contribution in [0.3, 0.4) is 0 Å². The molecule has 0 aromatic carbocycles. The molecule has 1 fully saturated rings. The van der Waals surface area contributed by atoms with Gasteiger partial charge >= 0.3 is 0 Å². The lowest BCUT2D eigenvalue weighted by molar-refractivity contribution is 0.202. The van der Waals surface area contributed by atoms with Crippen molar-refractivity contribution in [2.24, 2.45) is 0 Å². The highest BCUT2D eigenvalue weighted by Crippen LogP contribution is 2.16. The van der Waals surface area contributed by atoms with Gasteiger partial charge < -0.3 is 9.47 Å². The zero-order valence-corrected chi connectivity index (χ0v) is 14.9. The predicted molar refractivity (Wildman–Crippen MR) is 97.5 cm³/mol. The van der Waals surface area contributed by atoms with Gasteiger partial charge in [-0.15, -0.1) is 0 Å². The fourth-order valence-electron chi connectivity index (χ4n) is 3.10. The number of aryl methyl sites for hydroxylation is 2. The van der Waals surface area contributed by atoms with E-state index in [9.17, 15) is 5.26 Å². The van der Waals surface area contributed by atoms with Gasteiger partial charge in [-0.1, -0.05) is 18.3 Å². The predicted octanol–water partition coefficient (Wildman–Crippen LogP) is 2.88. The van der Waals surface area contributed by atoms with Crippen molar-refractivity contribution in [3.8, 4) is 6.07 Å². The molecule has 1 saturated heterocycles. The summed E-state index contributed by atoms with van der Waals surface area (Å²) in [6.45, 7) is 8.52. The Morgan fingerprint density at radius 1 is 1.21 bits per heavy atom. The van der Waals surface area contributed by atoms with Crippen molar-refractivity contribution in [3.05, 3.63) is 51.9 Å². The highest BCUT2D eigenvalue weighted by atomic mass is 32.1. The third-order valence-corrected chi connectivity index (χ3v) is 4.93. The van der Waals surface area contributed by atoms with Crippen LogP contribution in [0.2, 0.25) is 0 Å². The van der Waals surface area contributed by atoms with Crippen molar-refractivity contribution in [3.63, 3.8) is 0 Å². The van der Waals surface area contributed by atoms with Crippen LogP contribution in [-0.2, 0) is 6.67 Å². The highest BCUT2D eigenvalue weighted by molar-refractivity contribution is 7.71. The molecule has 3 heterocycles. The third kappa shape index (κ3) is 3.32. The summed E-state index contributed by atoms with van der Waals surface area (Å²) in [6.07, 6.45) is 1.83. The van der Waals surface area contributed by atoms with Crippen LogP contribution in [0.5, 0.6) is 0 Å². The third-order valence-electron chi connectivity index (χ3n) is 4.50. The van der Waals surface area contributed by atoms with Crippen LogP contribution < -0.4 is 4.90 Å². The Hall–Kier alpha value is -2.23. The van der Waals surface area contributed by atoms with E-state index in [1.807, 2.05) is 38.2 Å². The second-order valence-corrected chi connectivity index (χ2v) is 6.51. The van der Waals surface area contributed by atoms with Gasteiger partial charge in [0.25, 0.3) is 0 Å². The Labute approximate surface area is 147 Å². The Morgan fingerprint density at radius 3 is 2.58 bits per heavy atom. The molecule has 0 spiro atoms. The topological polar surface area (TPSA) is 48.1 Å². The van der Waals surface area contributed by atoms with Crippen LogP contribution in [0, 0.1) is 29.8 Å². The van der Waals surface area contributed by atoms with Gasteiger partial charge in [-0.25, -0.2) is 4.98 Å². The summed E-state index contributed by atoms with van der Waals surface area (Å²) in [6, 6.07) is 10.3. The molecule has 1 aliphatic rings. The molecule has 0 unspecified atom stereocenters. The van der Waals surface area contributed by atoms with E-state index in [0.717, 1.165) is 49.9 Å². The molecule has 0 amide bonds. The first-order valence-corrected chi connectivity index (χ1v) is 8.50. The molecule has 0 aliphatic carbocycles. The molecule has 2 aromatic heterocycles. The zero-order chi connectivity index (χ0) is 17.1. The molecule has 1 aliphatic heterocycles. The summed E-state index contributed by atoms with van der Waals surface area (Å²) >= 11 is 5.53. The number of nitriles is 1. The van der Waals surface area contributed by atoms with Gasteiger partial charge in [-0.2, -0.15) is 5.26 Å². The Morgan fingerprint density at radius 2 is 1.96 bits per heavy atom. The van der Waals surface area contributed by atoms with Crippen molar-refractivity contribution in [2.45, 2.75) is 20.5 Å². The van der Waals surface area contributed by atoms with Gasteiger partial charge in [0.15, 0.2) is 0 Å². The van der Waals surface area contributed by atoms with Crippen LogP contribution in [0.25, 0.3) is 0 Å². The average Bonchev–Trinajstić information content (AvgIpc) is 2.60. The van der Waals surface area contributed by atoms with Crippen molar-refractivity contribution in [1.82, 2.24) is 14.5 Å². The number of hydrogen-bond donors (Lipinski definition) is 0. The Balaban J connectivity index is 1.71. The van der Waals surface area contributed by atoms with E-state index in [-0.39, 0.29) is 0 Å². The number of aromatic nitrogens is 2. The smallest absolute Gasteiger partial charge is 0.128 e. The Kier molecular flexibility index (Phi) is 4.93. The molecule has 6 heteroatoms. The summed E-state index contributed by atoms with van der Waals surface area (Å²) in [4.78, 5) is 9.10. The van der Waals surface area contributed by atoms with Crippen molar-refractivity contribution in [2.75, 3.05) is 31.1 Å². The van der Waals surface area contributed by atoms with Crippen LogP contribution in [0.4, 0.5) is 5.82 Å². The standard InChI is InChI=1S/C18H21N5S/c1-14-11-15(2)23(18(24)16(14)12-19)13-21-7-9-22(10-8-21)17-5-3-4-6-20-17/h3-6,11H,7-10,13H2,1-2H3. The van der Waals surface area contributed by atoms with E-state index < -0.39 is 0 Å². The lowest BCUT2D eigenvalue weighted by Gasteiger charge is -2.36. The normalized spacial score (nSPS) is 15.3. The number of piperazine rings is 1. The molecule has 3 rings (SSSR count). The highest BCUT2D eigenvalue weighted by Gasteiger charge is 2.19. The summed E-state index contributed by atoms with van der Waals surface area (Å²) in [7, 11) is 0. The SMILES string of the molecule is Cc1cc(C)n(CN2CCN(c3ccccn3)CC2)c(=S)c1C#N. The molecule has 0 bridgehead atoms. The van der Waals surface area contributed by atoms with E-state index in [1.165, 1.54) is 0 Å². The van der Waals surface area contributed by atoms with Crippen molar-refractivity contribution >= 4 is 18.0 Å². The molecule has 124 valence electrons. The molecule has 0 atom stereocenters. The molecule has 0 N–H and O–H groups in total. The van der Waals surface area contributed by atoms with Crippen molar-refractivity contribution < 1.29 is 0 Å². The minimum atomic E-state index is 0.614. The minimum absolute atomic E-state index is 0.614. The van der Waals surface area contributed by atoms with Gasteiger partial charge in [0.05, 0.1) is 12.2 Å². The van der Waals surface area contributed by atoms with E-state index >= 15 is 0 Å². The van der Waals surface area contributed by atoms with Gasteiger partial charge in [-0.05, 0) is 37.6 Å². The van der Waals surface area contributed by atoms with Crippen LogP contribution in [-0.4, -0.2) is 40.6 Å². The first-order chi connectivity index (χ1) is 11.6. The quantitative estimate of drug-likeness (QED) is 0.805. The maximum absolute atomic E-state index is 9.32. The maximum Gasteiger partial charge on any atom is 0.128 e. The first kappa shape index (κ1) is 16.6. The van der Waals surface area contributed by atoms with Gasteiger partial charge in [0.2, 0.25) is 0 Å². The van der Waals surface area contributed by atoms with E-state index in [2.05, 4.69) is 31.5 Å². The van der Waals surface area contributed by atoms with Gasteiger partial charge in [0.1, 0.15) is 16.5 Å². The molecular weight excluding hydrogens is 318 g/mol. The zero-order valence-electron chi connectivity index (χ0n) is 14.1. The second kappa shape index (κ2) is 7.12. The summed E-state index contributed by atoms with van der Waals surface area (Å²) in [5, 5.41) is 9.32. The molecule has 24 heavy (non-hydrogen) atoms. The van der Waals surface area contributed by atoms with Gasteiger partial charge in [-0.3, -0.25) is 4.90 Å². The minimum Gasteiger partial charge on any atom is -0.354 e. The summed E-state index contributed by atoms with van der Waals surface area (Å²) in [5.41, 5.74) is 2.67. The number of hydrogen-bond acceptors (Lipinski definition) is 5. The van der Waals surface area contributed by atoms with E-state index in [0.29, 0.717) is 10.2 Å². The van der Waals surface area contributed by atoms with E-state index in [1.54, 1.807) is 0 Å². The lowest BCUT2D eigenvalue weighted by Crippen LogP contribution is -2.47. The second-order valence-electron chi connectivity index (χ2n) is 6.12. The maximum atomic E-state index is 9.32. The largest absolute Gasteiger partial charge is 0.354 e. The Bertz CT molecular complexity index is 814. The fourth-order valence-corrected chi connectivity index (χ4v) is 3.51. The van der Waals surface area contributed by atoms with Crippen LogP contribution in [0.15, 0.2) is 30.5 Å². The molecule has 0 saturated carbocycles. The van der Waals surface area contributed by atoms with Crippen LogP contribution in [0.1, 0.15) is 16.8 Å². The average molecular weight is 339 g/mol. The van der Waals surface area contributed by atoms with Gasteiger partial charge in [0, 0.05) is 38.1 Å². The monoisotopic (exact) mass is 339 g/mol. The first-order valence-electron chi connectivity index (χ1n) is 8.09. The lowest BCUT2D eigenvalue weighted by atomic mass is 10.1. The molecular formula is C18H21N5S. The molecule has 5 nitrogen and oxygen atoms in total. The number of nitrogens with zero attached hydrogens (tertiary/aromatic N) is 5. The molecule has 2 aromatic rings. The summed E-state index contributed by atoms with van der Waals surface area (Å²) in [5.74, 6) is 1.03. The number of rotatable bonds is 3. The molecule has 0 radical (unpaired) electrons. The number of pyridine rings is 2.